The number of aromatic nitrogens is 4. The molecule has 0 aromatic carbocycles. The predicted octanol–water partition coefficient (Wildman–Crippen LogP) is -0.984. The van der Waals surface area contributed by atoms with Crippen LogP contribution in [0.5, 0.6) is 0 Å². The second-order valence-electron chi connectivity index (χ2n) is 4.27. The van der Waals surface area contributed by atoms with Crippen molar-refractivity contribution < 1.29 is 9.84 Å². The number of imidazole rings is 1. The zero-order chi connectivity index (χ0) is 12.7. The number of hydrogen-bond donors (Lipinski definition) is 3. The topological polar surface area (TPSA) is 125 Å². The first kappa shape index (κ1) is 11.3. The Hall–Kier alpha value is -1.77. The number of aliphatic hydroxyl groups is 1. The summed E-state index contributed by atoms with van der Waals surface area (Å²) in [6.07, 6.45) is 2.09. The summed E-state index contributed by atoms with van der Waals surface area (Å²) in [7, 11) is 0. The second-order valence-corrected chi connectivity index (χ2v) is 4.27. The van der Waals surface area contributed by atoms with Crippen LogP contribution in [0.2, 0.25) is 0 Å². The lowest BCUT2D eigenvalue weighted by Gasteiger charge is -2.16. The van der Waals surface area contributed by atoms with E-state index in [-0.39, 0.29) is 6.10 Å². The third kappa shape index (κ3) is 1.62. The number of fused-ring (bicyclic) bond motifs is 1. The van der Waals surface area contributed by atoms with Crippen LogP contribution in [0.4, 0.5) is 5.82 Å². The summed E-state index contributed by atoms with van der Waals surface area (Å²) >= 11 is 0. The largest absolute Gasteiger partial charge is 0.388 e. The molecule has 1 aliphatic rings. The first-order valence-electron chi connectivity index (χ1n) is 5.67. The smallest absolute Gasteiger partial charge is 0.167 e. The van der Waals surface area contributed by atoms with Gasteiger partial charge < -0.3 is 21.3 Å². The highest BCUT2D eigenvalue weighted by atomic mass is 16.5. The Bertz CT molecular complexity index is 570. The lowest BCUT2D eigenvalue weighted by molar-refractivity contribution is -0.0321. The molecule has 2 aromatic heterocycles. The van der Waals surface area contributed by atoms with Crippen molar-refractivity contribution in [3.05, 3.63) is 12.7 Å². The van der Waals surface area contributed by atoms with Gasteiger partial charge in [-0.3, -0.25) is 4.57 Å². The van der Waals surface area contributed by atoms with Crippen LogP contribution in [0.1, 0.15) is 12.6 Å². The van der Waals surface area contributed by atoms with Crippen molar-refractivity contribution in [2.75, 3.05) is 12.3 Å². The maximum Gasteiger partial charge on any atom is 0.167 e. The van der Waals surface area contributed by atoms with E-state index in [2.05, 4.69) is 15.0 Å². The van der Waals surface area contributed by atoms with Crippen LogP contribution >= 0.6 is 0 Å². The SMILES string of the molecule is NC[C@@H]1CC(O)[C@H](n2cnc3c(N)ncnc32)O1. The average Bonchev–Trinajstić information content (AvgIpc) is 2.93. The molecule has 0 amide bonds. The Morgan fingerprint density at radius 2 is 2.28 bits per heavy atom. The summed E-state index contributed by atoms with van der Waals surface area (Å²) in [5, 5.41) is 9.99. The van der Waals surface area contributed by atoms with E-state index in [9.17, 15) is 5.11 Å². The summed E-state index contributed by atoms with van der Waals surface area (Å²) in [4.78, 5) is 12.1. The van der Waals surface area contributed by atoms with Gasteiger partial charge in [-0.05, 0) is 0 Å². The number of nitrogen functional groups attached to an aromatic ring is 1. The van der Waals surface area contributed by atoms with Gasteiger partial charge in [-0.25, -0.2) is 15.0 Å². The van der Waals surface area contributed by atoms with Crippen LogP contribution in [-0.4, -0.2) is 43.4 Å². The van der Waals surface area contributed by atoms with E-state index in [4.69, 9.17) is 16.2 Å². The minimum absolute atomic E-state index is 0.151. The highest BCUT2D eigenvalue weighted by molar-refractivity contribution is 5.81. The molecule has 0 aliphatic carbocycles. The normalized spacial score (nSPS) is 28.0. The van der Waals surface area contributed by atoms with Crippen LogP contribution in [0.25, 0.3) is 11.2 Å². The molecule has 5 N–H and O–H groups in total. The molecule has 0 spiro atoms. The molecular formula is C10H14N6O2. The Balaban J connectivity index is 2.02. The van der Waals surface area contributed by atoms with E-state index in [1.165, 1.54) is 6.33 Å². The van der Waals surface area contributed by atoms with E-state index in [0.29, 0.717) is 29.9 Å². The minimum Gasteiger partial charge on any atom is -0.388 e. The second kappa shape index (κ2) is 4.16. The molecule has 8 heteroatoms. The number of nitrogens with two attached hydrogens (primary N) is 2. The molecule has 0 bridgehead atoms. The number of aliphatic hydroxyl groups excluding tert-OH is 1. The first-order chi connectivity index (χ1) is 8.70. The van der Waals surface area contributed by atoms with Gasteiger partial charge in [-0.1, -0.05) is 0 Å². The van der Waals surface area contributed by atoms with Gasteiger partial charge in [0, 0.05) is 13.0 Å². The highest BCUT2D eigenvalue weighted by Gasteiger charge is 2.35. The van der Waals surface area contributed by atoms with Gasteiger partial charge in [0.15, 0.2) is 17.7 Å². The number of hydrogen-bond acceptors (Lipinski definition) is 7. The fraction of sp³-hybridized carbons (Fsp3) is 0.500. The third-order valence-corrected chi connectivity index (χ3v) is 3.09. The van der Waals surface area contributed by atoms with Crippen molar-refractivity contribution in [3.63, 3.8) is 0 Å². The van der Waals surface area contributed by atoms with E-state index in [1.807, 2.05) is 0 Å². The van der Waals surface area contributed by atoms with Crippen LogP contribution < -0.4 is 11.5 Å². The maximum absolute atomic E-state index is 9.99. The molecule has 18 heavy (non-hydrogen) atoms. The van der Waals surface area contributed by atoms with Crippen molar-refractivity contribution in [1.29, 1.82) is 0 Å². The van der Waals surface area contributed by atoms with E-state index in [0.717, 1.165) is 0 Å². The van der Waals surface area contributed by atoms with Crippen LogP contribution in [0, 0.1) is 0 Å². The standard InChI is InChI=1S/C10H14N6O2/c11-2-5-1-6(17)10(18-5)16-4-15-7-8(12)13-3-14-9(7)16/h3-6,10,17H,1-2,11H2,(H2,12,13,14)/t5-,6?,10+/m0/s1. The van der Waals surface area contributed by atoms with Crippen molar-refractivity contribution in [3.8, 4) is 0 Å². The molecule has 2 aromatic rings. The molecule has 1 saturated heterocycles. The van der Waals surface area contributed by atoms with Gasteiger partial charge in [-0.15, -0.1) is 0 Å². The summed E-state index contributed by atoms with van der Waals surface area (Å²) in [5.41, 5.74) is 12.3. The Morgan fingerprint density at radius 1 is 1.44 bits per heavy atom. The molecule has 0 saturated carbocycles. The number of rotatable bonds is 2. The summed E-state index contributed by atoms with van der Waals surface area (Å²) in [5.74, 6) is 0.307. The van der Waals surface area contributed by atoms with Crippen LogP contribution in [0.15, 0.2) is 12.7 Å². The fourth-order valence-electron chi connectivity index (χ4n) is 2.19. The predicted molar refractivity (Wildman–Crippen MR) is 63.3 cm³/mol. The number of ether oxygens (including phenoxy) is 1. The lowest BCUT2D eigenvalue weighted by atomic mass is 10.2. The number of nitrogens with zero attached hydrogens (tertiary/aromatic N) is 4. The highest BCUT2D eigenvalue weighted by Crippen LogP contribution is 2.30. The van der Waals surface area contributed by atoms with Gasteiger partial charge in [0.1, 0.15) is 17.9 Å². The molecule has 1 aliphatic heterocycles. The van der Waals surface area contributed by atoms with Gasteiger partial charge in [0.05, 0.1) is 12.4 Å². The maximum atomic E-state index is 9.99. The Kier molecular flexibility index (Phi) is 2.62. The summed E-state index contributed by atoms with van der Waals surface area (Å²) < 4.78 is 7.32. The molecule has 1 unspecified atom stereocenters. The van der Waals surface area contributed by atoms with E-state index in [1.54, 1.807) is 10.9 Å². The molecule has 3 heterocycles. The third-order valence-electron chi connectivity index (χ3n) is 3.09. The molecule has 1 fully saturated rings. The summed E-state index contributed by atoms with van der Waals surface area (Å²) in [6, 6.07) is 0. The average molecular weight is 250 g/mol. The van der Waals surface area contributed by atoms with Gasteiger partial charge in [-0.2, -0.15) is 0 Å². The van der Waals surface area contributed by atoms with Crippen LogP contribution in [0.3, 0.4) is 0 Å². The van der Waals surface area contributed by atoms with Crippen molar-refractivity contribution in [2.24, 2.45) is 5.73 Å². The molecule has 0 radical (unpaired) electrons. The molecule has 96 valence electrons. The van der Waals surface area contributed by atoms with Crippen molar-refractivity contribution >= 4 is 17.0 Å². The zero-order valence-electron chi connectivity index (χ0n) is 9.60. The van der Waals surface area contributed by atoms with Crippen molar-refractivity contribution in [1.82, 2.24) is 19.5 Å². The number of anilines is 1. The fourth-order valence-corrected chi connectivity index (χ4v) is 2.19. The van der Waals surface area contributed by atoms with Gasteiger partial charge >= 0.3 is 0 Å². The van der Waals surface area contributed by atoms with Gasteiger partial charge in [0.2, 0.25) is 0 Å². The lowest BCUT2D eigenvalue weighted by Crippen LogP contribution is -2.20. The Morgan fingerprint density at radius 3 is 3.00 bits per heavy atom. The molecule has 8 nitrogen and oxygen atoms in total. The molecular weight excluding hydrogens is 236 g/mol. The summed E-state index contributed by atoms with van der Waals surface area (Å²) in [6.45, 7) is 0.372. The minimum atomic E-state index is -0.632. The van der Waals surface area contributed by atoms with E-state index < -0.39 is 12.3 Å². The first-order valence-corrected chi connectivity index (χ1v) is 5.67. The molecule has 3 atom stereocenters. The molecule has 3 rings (SSSR count). The monoisotopic (exact) mass is 250 g/mol. The Labute approximate surface area is 103 Å². The quantitative estimate of drug-likeness (QED) is 0.625. The van der Waals surface area contributed by atoms with E-state index >= 15 is 0 Å². The van der Waals surface area contributed by atoms with Crippen molar-refractivity contribution in [2.45, 2.75) is 24.9 Å². The van der Waals surface area contributed by atoms with Gasteiger partial charge in [0.25, 0.3) is 0 Å². The zero-order valence-corrected chi connectivity index (χ0v) is 9.60. The van der Waals surface area contributed by atoms with Crippen LogP contribution in [-0.2, 0) is 4.74 Å².